The zero-order valence-electron chi connectivity index (χ0n) is 63.7. The fourth-order valence-electron chi connectivity index (χ4n) is 15.5. The fourth-order valence-corrected chi connectivity index (χ4v) is 15.5. The highest BCUT2D eigenvalue weighted by atomic mass is 16.7. The molecule has 5 rings (SSSR count). The first-order chi connectivity index (χ1) is 50.3. The van der Waals surface area contributed by atoms with Crippen LogP contribution >= 0.6 is 0 Å². The average Bonchev–Trinajstić information content (AvgIpc) is 0.696. The van der Waals surface area contributed by atoms with Crippen molar-refractivity contribution in [1.29, 1.82) is 0 Å². The number of aliphatic hydroxyl groups is 16. The molecule has 620 valence electrons. The van der Waals surface area contributed by atoms with Gasteiger partial charge in [0.25, 0.3) is 23.1 Å². The number of carbonyl (C=O) groups excluding carboxylic acids is 19. The molecule has 0 radical (unpaired) electrons. The van der Waals surface area contributed by atoms with Crippen molar-refractivity contribution in [2.75, 3.05) is 26.4 Å². The number of Topliss-reactive ketones (excluding diaryl/α,β-unsaturated/α-hetero) is 11. The lowest BCUT2D eigenvalue weighted by Crippen LogP contribution is -2.90. The summed E-state index contributed by atoms with van der Waals surface area (Å²) in [5.41, 5.74) is -26.3. The third-order valence-electron chi connectivity index (χ3n) is 19.9. The molecule has 43 heteroatoms. The lowest BCUT2D eigenvalue weighted by atomic mass is 9.60. The molecular formula is C68H94N4O39. The number of ether oxygens (including phenoxy) is 4. The number of benzene rings is 1. The van der Waals surface area contributed by atoms with E-state index in [-0.39, 0.29) is 25.2 Å². The Morgan fingerprint density at radius 2 is 0.441 bits per heavy atom. The zero-order valence-corrected chi connectivity index (χ0v) is 63.7. The van der Waals surface area contributed by atoms with Gasteiger partial charge in [0.2, 0.25) is 69.4 Å². The van der Waals surface area contributed by atoms with Crippen LogP contribution < -0.4 is 0 Å². The molecule has 43 nitrogen and oxygen atoms in total. The van der Waals surface area contributed by atoms with Crippen molar-refractivity contribution in [3.63, 3.8) is 0 Å². The largest absolute Gasteiger partial charge is 0.394 e. The Morgan fingerprint density at radius 1 is 0.270 bits per heavy atom. The molecule has 16 N–H and O–H groups in total. The number of hydrogen-bond acceptors (Lipinski definition) is 39. The van der Waals surface area contributed by atoms with Crippen LogP contribution in [0.5, 0.6) is 0 Å². The number of imide groups is 4. The van der Waals surface area contributed by atoms with Gasteiger partial charge in [0.1, 0.15) is 48.8 Å². The summed E-state index contributed by atoms with van der Waals surface area (Å²) in [4.78, 5) is 237. The van der Waals surface area contributed by atoms with Crippen LogP contribution in [0, 0.1) is 0 Å². The summed E-state index contributed by atoms with van der Waals surface area (Å²) in [5.74, 6) is -37.7. The molecule has 8 amide bonds. The highest BCUT2D eigenvalue weighted by Gasteiger charge is 2.85. The Hall–Kier alpha value is -8.65. The minimum absolute atomic E-state index is 0.0228. The Labute approximate surface area is 630 Å². The minimum Gasteiger partial charge on any atom is -0.394 e. The molecular weight excluding hydrogens is 1500 g/mol. The van der Waals surface area contributed by atoms with Gasteiger partial charge in [0.05, 0.1) is 26.4 Å². The van der Waals surface area contributed by atoms with E-state index in [2.05, 4.69) is 0 Å². The van der Waals surface area contributed by atoms with Crippen LogP contribution in [0.3, 0.4) is 0 Å². The van der Waals surface area contributed by atoms with E-state index in [0.717, 1.165) is 111 Å². The smallest absolute Gasteiger partial charge is 0.262 e. The standard InChI is InChI=1S/C20H25NO9.3C16H23NO10/c1-11(23)19(21(13(3)25)14(4)26)18(28,15-8-6-5-7-9-15)17(27)16(10-22)30-20(19,29)12(2)24;3*1-7(19)14(25)13(24)12(6-18)27-16(26,9(3)21)15(14,8(2)20)17(10(4)22)11(5)23/h5-9,16-17,22,27-29H,10H2,1-4H3;3*12-13,18,24-26H,6H2,1-5H3/t16-,17-,18+,19-,20?;12-,13+,14+,15-,16?;12-,13-,14+,15+,16?;12-,13-,14+,15-,16?/m1111/s1. The fraction of sp³-hybridized carbons (Fsp3) is 0.632. The molecule has 4 saturated heterocycles. The average molecular weight is 1590 g/mol. The third kappa shape index (κ3) is 14.0. The van der Waals surface area contributed by atoms with Crippen LogP contribution in [0.25, 0.3) is 0 Å². The van der Waals surface area contributed by atoms with Gasteiger partial charge in [0.15, 0.2) is 86.0 Å². The van der Waals surface area contributed by atoms with Gasteiger partial charge in [-0.2, -0.15) is 0 Å². The lowest BCUT2D eigenvalue weighted by molar-refractivity contribution is -0.365. The maximum Gasteiger partial charge on any atom is 0.262 e. The van der Waals surface area contributed by atoms with Crippen LogP contribution in [-0.2, 0) is 116 Å². The first-order valence-corrected chi connectivity index (χ1v) is 32.9. The van der Waals surface area contributed by atoms with E-state index in [4.69, 9.17) is 18.9 Å². The van der Waals surface area contributed by atoms with Gasteiger partial charge in [-0.1, -0.05) is 30.3 Å². The van der Waals surface area contributed by atoms with E-state index >= 15 is 0 Å². The molecule has 0 saturated carbocycles. The van der Waals surface area contributed by atoms with Gasteiger partial charge in [-0.25, -0.2) is 0 Å². The van der Waals surface area contributed by atoms with Gasteiger partial charge < -0.3 is 101 Å². The summed E-state index contributed by atoms with van der Waals surface area (Å²) in [6.45, 7) is 10.5. The Morgan fingerprint density at radius 3 is 0.595 bits per heavy atom. The van der Waals surface area contributed by atoms with Crippen molar-refractivity contribution >= 4 is 111 Å². The molecule has 4 aliphatic heterocycles. The van der Waals surface area contributed by atoms with Crippen LogP contribution in [0.4, 0.5) is 0 Å². The topological polar surface area (TPSA) is 698 Å². The normalized spacial score (nSPS) is 35.4. The van der Waals surface area contributed by atoms with Gasteiger partial charge in [-0.3, -0.25) is 111 Å². The second-order valence-corrected chi connectivity index (χ2v) is 26.6. The minimum atomic E-state index is -3.43. The van der Waals surface area contributed by atoms with Gasteiger partial charge in [0, 0.05) is 83.1 Å². The van der Waals surface area contributed by atoms with Crippen molar-refractivity contribution in [3.05, 3.63) is 35.9 Å². The van der Waals surface area contributed by atoms with E-state index in [1.165, 1.54) is 24.3 Å². The second kappa shape index (κ2) is 34.4. The number of ketones is 11. The number of rotatable bonds is 20. The van der Waals surface area contributed by atoms with Crippen molar-refractivity contribution in [2.24, 2.45) is 0 Å². The summed E-state index contributed by atoms with van der Waals surface area (Å²) in [5, 5.41) is 170. The Balaban J connectivity index is 0.000000503. The molecule has 1 aromatic rings. The van der Waals surface area contributed by atoms with Crippen LogP contribution in [0.15, 0.2) is 30.3 Å². The number of nitrogens with zero attached hydrogens (tertiary/aromatic N) is 4. The highest BCUT2D eigenvalue weighted by molar-refractivity contribution is 6.15. The van der Waals surface area contributed by atoms with Crippen LogP contribution in [-0.4, -0.2) is 350 Å². The number of hydrogen-bond donors (Lipinski definition) is 16. The predicted molar refractivity (Wildman–Crippen MR) is 358 cm³/mol. The van der Waals surface area contributed by atoms with Gasteiger partial charge in [-0.15, -0.1) is 0 Å². The summed E-state index contributed by atoms with van der Waals surface area (Å²) in [6, 6.07) is 6.99. The second-order valence-electron chi connectivity index (χ2n) is 26.6. The summed E-state index contributed by atoms with van der Waals surface area (Å²) in [7, 11) is 0. The molecule has 0 spiro atoms. The molecule has 20 atom stereocenters. The van der Waals surface area contributed by atoms with Crippen molar-refractivity contribution < 1.29 is 192 Å². The van der Waals surface area contributed by atoms with Crippen LogP contribution in [0.1, 0.15) is 137 Å². The van der Waals surface area contributed by atoms with Crippen molar-refractivity contribution in [1.82, 2.24) is 19.6 Å². The summed E-state index contributed by atoms with van der Waals surface area (Å²) < 4.78 is 20.3. The summed E-state index contributed by atoms with van der Waals surface area (Å²) >= 11 is 0. The van der Waals surface area contributed by atoms with E-state index in [0.29, 0.717) is 20.8 Å². The lowest BCUT2D eigenvalue weighted by Gasteiger charge is -2.61. The zero-order chi connectivity index (χ0) is 87.7. The molecule has 4 fully saturated rings. The quantitative estimate of drug-likeness (QED) is 0.0576. The SMILES string of the molecule is CC(=O)N(C(C)=O)[C@@]1(C(C)=O)C(O)(C(C)=O)O[C@H](CO)[C@@H](O)[C@@]1(O)C(C)=O.CC(=O)N(C(C)=O)[C@@]1(C(C)=O)C(O)(C(C)=O)O[C@H](CO)[C@@H](O)[C@@]1(O)c1ccccc1.CC(=O)N(C(C)=O)[C@@]1(C(C)=O)C(O)(C(C)=O)O[C@H](CO)[C@H](O)[C@@]1(O)C(C)=O.CC(=O)N(C(C)=O)[C@]1(C(C)=O)C(O)(C(C)=O)O[C@H](CO)[C@@H](O)[C@@]1(O)C(C)=O. The third-order valence-corrected chi connectivity index (χ3v) is 19.9. The van der Waals surface area contributed by atoms with E-state index in [1.807, 2.05) is 0 Å². The maximum absolute atomic E-state index is 13.1. The highest BCUT2D eigenvalue weighted by Crippen LogP contribution is 2.56. The first-order valence-electron chi connectivity index (χ1n) is 32.9. The number of aliphatic hydroxyl groups excluding tert-OH is 8. The Bertz CT molecular complexity index is 3640. The van der Waals surface area contributed by atoms with E-state index in [9.17, 15) is 173 Å². The first kappa shape index (κ1) is 98.4. The molecule has 111 heavy (non-hydrogen) atoms. The van der Waals surface area contributed by atoms with E-state index in [1.54, 1.807) is 6.07 Å². The number of carbonyl (C=O) groups is 19. The van der Waals surface area contributed by atoms with Crippen molar-refractivity contribution in [3.8, 4) is 0 Å². The Kier molecular flexibility index (Phi) is 30.5. The number of amides is 8. The van der Waals surface area contributed by atoms with Gasteiger partial charge in [-0.05, 0) is 54.0 Å². The molecule has 1 aromatic carbocycles. The maximum atomic E-state index is 13.1. The molecule has 4 aliphatic rings. The van der Waals surface area contributed by atoms with Crippen molar-refractivity contribution in [2.45, 2.75) is 248 Å². The van der Waals surface area contributed by atoms with E-state index < -0.39 is 254 Å². The van der Waals surface area contributed by atoms with Crippen LogP contribution in [0.2, 0.25) is 0 Å². The molecule has 0 bridgehead atoms. The summed E-state index contributed by atoms with van der Waals surface area (Å²) in [6.07, 6.45) is -16.6. The van der Waals surface area contributed by atoms with Gasteiger partial charge >= 0.3 is 0 Å². The molecule has 0 aromatic heterocycles. The molecule has 4 heterocycles. The predicted octanol–water partition coefficient (Wildman–Crippen LogP) is -10.2. The monoisotopic (exact) mass is 1590 g/mol. The molecule has 0 aliphatic carbocycles. The molecule has 4 unspecified atom stereocenters.